The molecule has 0 N–H and O–H groups in total. The third-order valence-corrected chi connectivity index (χ3v) is 4.52. The van der Waals surface area contributed by atoms with Gasteiger partial charge in [-0.15, -0.1) is 0 Å². The zero-order valence-corrected chi connectivity index (χ0v) is 21.3. The van der Waals surface area contributed by atoms with Crippen molar-refractivity contribution in [3.63, 3.8) is 0 Å². The van der Waals surface area contributed by atoms with E-state index in [-0.39, 0.29) is 5.82 Å². The summed E-state index contributed by atoms with van der Waals surface area (Å²) in [6.45, 7) is 14.6. The van der Waals surface area contributed by atoms with Crippen LogP contribution in [0.5, 0.6) is 11.5 Å². The Kier molecular flexibility index (Phi) is 15.4. The van der Waals surface area contributed by atoms with E-state index >= 15 is 0 Å². The monoisotopic (exact) mass is 440 g/mol. The Balaban J connectivity index is 0.000000435. The van der Waals surface area contributed by atoms with Crippen molar-refractivity contribution in [2.24, 2.45) is 0 Å². The third-order valence-electron chi connectivity index (χ3n) is 4.52. The molecule has 0 aliphatic heterocycles. The molecule has 32 heavy (non-hydrogen) atoms. The Labute approximate surface area is 195 Å². The van der Waals surface area contributed by atoms with Crippen LogP contribution in [0.2, 0.25) is 0 Å². The van der Waals surface area contributed by atoms with Crippen LogP contribution in [0.3, 0.4) is 0 Å². The number of para-hydroxylation sites is 1. The van der Waals surface area contributed by atoms with Crippen molar-refractivity contribution in [2.75, 3.05) is 14.2 Å². The van der Waals surface area contributed by atoms with E-state index in [1.807, 2.05) is 75.4 Å². The summed E-state index contributed by atoms with van der Waals surface area (Å²) in [4.78, 5) is 0. The highest BCUT2D eigenvalue weighted by Crippen LogP contribution is 2.24. The molecule has 0 spiro atoms. The van der Waals surface area contributed by atoms with E-state index in [1.165, 1.54) is 28.8 Å². The lowest BCUT2D eigenvalue weighted by Crippen LogP contribution is -1.92. The maximum Gasteiger partial charge on any atom is 0.123 e. The highest BCUT2D eigenvalue weighted by Gasteiger charge is 2.04. The first-order chi connectivity index (χ1) is 15.3. The molecule has 3 aromatic carbocycles. The van der Waals surface area contributed by atoms with Gasteiger partial charge in [0, 0.05) is 0 Å². The first kappa shape index (κ1) is 29.2. The normalized spacial score (nSPS) is 9.50. The van der Waals surface area contributed by atoms with Gasteiger partial charge in [0.2, 0.25) is 0 Å². The average Bonchev–Trinajstić information content (AvgIpc) is 2.81. The third kappa shape index (κ3) is 11.5. The van der Waals surface area contributed by atoms with Crippen LogP contribution < -0.4 is 9.47 Å². The van der Waals surface area contributed by atoms with Gasteiger partial charge < -0.3 is 9.47 Å². The first-order valence-corrected chi connectivity index (χ1v) is 11.3. The maximum atomic E-state index is 12.4. The van der Waals surface area contributed by atoms with Gasteiger partial charge in [-0.05, 0) is 65.8 Å². The van der Waals surface area contributed by atoms with E-state index in [4.69, 9.17) is 9.47 Å². The topological polar surface area (TPSA) is 18.5 Å². The quantitative estimate of drug-likeness (QED) is 0.403. The molecule has 0 fully saturated rings. The zero-order chi connectivity index (χ0) is 24.5. The summed E-state index contributed by atoms with van der Waals surface area (Å²) in [6, 6.07) is 22.7. The largest absolute Gasteiger partial charge is 0.497 e. The summed E-state index contributed by atoms with van der Waals surface area (Å²) in [6.07, 6.45) is 0. The van der Waals surface area contributed by atoms with Crippen LogP contribution in [-0.2, 0) is 0 Å². The van der Waals surface area contributed by atoms with Crippen molar-refractivity contribution in [3.8, 4) is 11.5 Å². The van der Waals surface area contributed by atoms with Gasteiger partial charge in [0.1, 0.15) is 17.3 Å². The Morgan fingerprint density at radius 2 is 1.28 bits per heavy atom. The minimum absolute atomic E-state index is 0.163. The van der Waals surface area contributed by atoms with Gasteiger partial charge in [-0.3, -0.25) is 0 Å². The summed E-state index contributed by atoms with van der Waals surface area (Å²) < 4.78 is 22.6. The highest BCUT2D eigenvalue weighted by molar-refractivity contribution is 5.35. The Morgan fingerprint density at radius 3 is 1.69 bits per heavy atom. The molecule has 3 rings (SSSR count). The number of benzene rings is 3. The number of halogens is 1. The summed E-state index contributed by atoms with van der Waals surface area (Å²) >= 11 is 0. The summed E-state index contributed by atoms with van der Waals surface area (Å²) in [5.41, 5.74) is 3.69. The van der Waals surface area contributed by atoms with Crippen LogP contribution in [0.4, 0.5) is 4.39 Å². The van der Waals surface area contributed by atoms with E-state index in [2.05, 4.69) is 33.8 Å². The van der Waals surface area contributed by atoms with Crippen molar-refractivity contribution in [1.82, 2.24) is 0 Å². The van der Waals surface area contributed by atoms with Gasteiger partial charge in [-0.25, -0.2) is 4.39 Å². The zero-order valence-electron chi connectivity index (χ0n) is 21.3. The predicted molar refractivity (Wildman–Crippen MR) is 137 cm³/mol. The molecule has 0 unspecified atom stereocenters. The van der Waals surface area contributed by atoms with Crippen molar-refractivity contribution in [1.29, 1.82) is 0 Å². The van der Waals surface area contributed by atoms with E-state index in [0.717, 1.165) is 11.5 Å². The van der Waals surface area contributed by atoms with Crippen LogP contribution in [-0.4, -0.2) is 14.2 Å². The molecule has 3 aromatic rings. The van der Waals surface area contributed by atoms with E-state index < -0.39 is 0 Å². The van der Waals surface area contributed by atoms with Gasteiger partial charge in [0.25, 0.3) is 0 Å². The van der Waals surface area contributed by atoms with Gasteiger partial charge in [-0.2, -0.15) is 0 Å². The number of hydrogen-bond acceptors (Lipinski definition) is 2. The Hall–Kier alpha value is -2.81. The second-order valence-corrected chi connectivity index (χ2v) is 7.62. The lowest BCUT2D eigenvalue weighted by atomic mass is 10.0. The molecule has 0 atom stereocenters. The molecular formula is C29H41FO2. The van der Waals surface area contributed by atoms with Crippen LogP contribution in [0.15, 0.2) is 72.8 Å². The number of methoxy groups -OCH3 is 2. The lowest BCUT2D eigenvalue weighted by molar-refractivity contribution is 0.407. The van der Waals surface area contributed by atoms with Gasteiger partial charge in [0.05, 0.1) is 14.2 Å². The standard InChI is InChI=1S/C10H14O.C9H11F.C8H10O.C2H6/c1-8(2)9-6-4-5-7-10(9)11-3;1-7(2)8-3-5-9(10)6-4-8;1-7-4-3-5-8(6-7)9-2;1-2/h4-8H,1-3H3;3-7H,1-2H3;3-6H,1-2H3;1-2H3. The van der Waals surface area contributed by atoms with Crippen LogP contribution >= 0.6 is 0 Å². The fraction of sp³-hybridized carbons (Fsp3) is 0.379. The first-order valence-electron chi connectivity index (χ1n) is 11.3. The number of hydrogen-bond donors (Lipinski definition) is 0. The highest BCUT2D eigenvalue weighted by atomic mass is 19.1. The number of rotatable bonds is 4. The van der Waals surface area contributed by atoms with E-state index in [0.29, 0.717) is 11.8 Å². The second kappa shape index (κ2) is 16.8. The minimum atomic E-state index is -0.163. The van der Waals surface area contributed by atoms with Crippen LogP contribution in [0, 0.1) is 12.7 Å². The van der Waals surface area contributed by atoms with Crippen molar-refractivity contribution >= 4 is 0 Å². The van der Waals surface area contributed by atoms with Gasteiger partial charge >= 0.3 is 0 Å². The molecule has 0 aromatic heterocycles. The molecular weight excluding hydrogens is 399 g/mol. The van der Waals surface area contributed by atoms with Crippen molar-refractivity contribution < 1.29 is 13.9 Å². The molecule has 0 aliphatic carbocycles. The summed E-state index contributed by atoms with van der Waals surface area (Å²) in [7, 11) is 3.38. The molecule has 0 aliphatic rings. The summed E-state index contributed by atoms with van der Waals surface area (Å²) in [5, 5.41) is 0. The molecule has 2 nitrogen and oxygen atoms in total. The summed E-state index contributed by atoms with van der Waals surface area (Å²) in [5.74, 6) is 2.77. The van der Waals surface area contributed by atoms with Gasteiger partial charge in [0.15, 0.2) is 0 Å². The maximum absolute atomic E-state index is 12.4. The Bertz CT molecular complexity index is 855. The smallest absolute Gasteiger partial charge is 0.123 e. The van der Waals surface area contributed by atoms with Gasteiger partial charge in [-0.1, -0.05) is 84.0 Å². The SMILES string of the molecule is CC.CC(C)c1ccc(F)cc1.COc1cccc(C)c1.COc1ccccc1C(C)C. The molecule has 0 bridgehead atoms. The number of ether oxygens (including phenoxy) is 2. The van der Waals surface area contributed by atoms with Crippen LogP contribution in [0.1, 0.15) is 70.1 Å². The molecule has 0 saturated heterocycles. The van der Waals surface area contributed by atoms with Crippen molar-refractivity contribution in [2.45, 2.75) is 60.3 Å². The molecule has 0 saturated carbocycles. The lowest BCUT2D eigenvalue weighted by Gasteiger charge is -2.10. The molecule has 3 heteroatoms. The predicted octanol–water partition coefficient (Wildman–Crippen LogP) is 8.80. The van der Waals surface area contributed by atoms with E-state index in [1.54, 1.807) is 14.2 Å². The van der Waals surface area contributed by atoms with Crippen LogP contribution in [0.25, 0.3) is 0 Å². The number of aryl methyl sites for hydroxylation is 1. The van der Waals surface area contributed by atoms with Crippen molar-refractivity contribution in [3.05, 3.63) is 95.3 Å². The Morgan fingerprint density at radius 1 is 0.688 bits per heavy atom. The fourth-order valence-electron chi connectivity index (χ4n) is 2.73. The van der Waals surface area contributed by atoms with E-state index in [9.17, 15) is 4.39 Å². The molecule has 0 radical (unpaired) electrons. The molecule has 176 valence electrons. The average molecular weight is 441 g/mol. The fourth-order valence-corrected chi connectivity index (χ4v) is 2.73. The molecule has 0 heterocycles. The minimum Gasteiger partial charge on any atom is -0.497 e. The molecule has 0 amide bonds. The second-order valence-electron chi connectivity index (χ2n) is 7.62.